The first-order valence-electron chi connectivity index (χ1n) is 8.69. The van der Waals surface area contributed by atoms with Crippen molar-refractivity contribution in [2.45, 2.75) is 11.8 Å². The second-order valence-electron chi connectivity index (χ2n) is 6.32. The van der Waals surface area contributed by atoms with Gasteiger partial charge in [0.2, 0.25) is 10.0 Å². The number of sulfonamides is 1. The molecule has 0 bridgehead atoms. The molecular weight excluding hydrogens is 374 g/mol. The van der Waals surface area contributed by atoms with Crippen LogP contribution < -0.4 is 4.72 Å². The molecule has 7 nitrogen and oxygen atoms in total. The summed E-state index contributed by atoms with van der Waals surface area (Å²) in [6.07, 6.45) is 3.57. The van der Waals surface area contributed by atoms with Crippen LogP contribution in [0.4, 0.5) is 0 Å². The van der Waals surface area contributed by atoms with Crippen molar-refractivity contribution in [1.82, 2.24) is 24.3 Å². The smallest absolute Gasteiger partial charge is 0.223 e. The molecule has 0 spiro atoms. The lowest BCUT2D eigenvalue weighted by Gasteiger charge is -2.07. The predicted molar refractivity (Wildman–Crippen MR) is 107 cm³/mol. The van der Waals surface area contributed by atoms with Crippen molar-refractivity contribution in [3.8, 4) is 22.8 Å². The van der Waals surface area contributed by atoms with Gasteiger partial charge in [-0.25, -0.2) is 22.5 Å². The maximum absolute atomic E-state index is 11.9. The molecule has 2 aromatic heterocycles. The number of rotatable bonds is 5. The quantitative estimate of drug-likeness (QED) is 0.565. The number of hydrogen-bond acceptors (Lipinski definition) is 4. The SMILES string of the molecule is CNS(=O)(=O)c1ccc(-c2cc(-n3cccn3)n(-c3ccc(C)cc3)n2)cc1. The van der Waals surface area contributed by atoms with Crippen molar-refractivity contribution >= 4 is 10.0 Å². The highest BCUT2D eigenvalue weighted by Gasteiger charge is 2.15. The monoisotopic (exact) mass is 393 g/mol. The summed E-state index contributed by atoms with van der Waals surface area (Å²) >= 11 is 0. The van der Waals surface area contributed by atoms with Crippen LogP contribution in [0.5, 0.6) is 0 Å². The van der Waals surface area contributed by atoms with Gasteiger partial charge in [0.15, 0.2) is 5.82 Å². The fourth-order valence-electron chi connectivity index (χ4n) is 2.88. The van der Waals surface area contributed by atoms with Crippen LogP contribution in [0.25, 0.3) is 22.8 Å². The van der Waals surface area contributed by atoms with Gasteiger partial charge in [0.1, 0.15) is 0 Å². The summed E-state index contributed by atoms with van der Waals surface area (Å²) in [5.41, 5.74) is 3.61. The van der Waals surface area contributed by atoms with Gasteiger partial charge in [-0.1, -0.05) is 29.8 Å². The van der Waals surface area contributed by atoms with Crippen LogP contribution in [0.3, 0.4) is 0 Å². The summed E-state index contributed by atoms with van der Waals surface area (Å²) in [5, 5.41) is 9.06. The average molecular weight is 393 g/mol. The molecule has 0 aliphatic carbocycles. The van der Waals surface area contributed by atoms with Crippen LogP contribution in [0.2, 0.25) is 0 Å². The summed E-state index contributed by atoms with van der Waals surface area (Å²) in [6, 6.07) is 18.5. The highest BCUT2D eigenvalue weighted by molar-refractivity contribution is 7.89. The van der Waals surface area contributed by atoms with Gasteiger partial charge in [0, 0.05) is 24.0 Å². The Kier molecular flexibility index (Phi) is 4.58. The van der Waals surface area contributed by atoms with E-state index in [0.29, 0.717) is 0 Å². The van der Waals surface area contributed by atoms with Gasteiger partial charge in [-0.2, -0.15) is 10.2 Å². The first kappa shape index (κ1) is 18.1. The van der Waals surface area contributed by atoms with E-state index in [-0.39, 0.29) is 4.90 Å². The summed E-state index contributed by atoms with van der Waals surface area (Å²) in [6.45, 7) is 2.04. The highest BCUT2D eigenvalue weighted by atomic mass is 32.2. The summed E-state index contributed by atoms with van der Waals surface area (Å²) in [4.78, 5) is 0.212. The lowest BCUT2D eigenvalue weighted by molar-refractivity contribution is 0.588. The summed E-state index contributed by atoms with van der Waals surface area (Å²) in [7, 11) is -2.08. The predicted octanol–water partition coefficient (Wildman–Crippen LogP) is 2.94. The Morgan fingerprint density at radius 1 is 1.00 bits per heavy atom. The Hall–Kier alpha value is -3.23. The molecular formula is C20H19N5O2S. The van der Waals surface area contributed by atoms with E-state index in [1.165, 1.54) is 7.05 Å². The van der Waals surface area contributed by atoms with Crippen LogP contribution in [0.15, 0.2) is 78.0 Å². The molecule has 0 aliphatic rings. The van der Waals surface area contributed by atoms with Crippen molar-refractivity contribution in [1.29, 1.82) is 0 Å². The largest absolute Gasteiger partial charge is 0.240 e. The Balaban J connectivity index is 1.81. The van der Waals surface area contributed by atoms with Gasteiger partial charge in [-0.3, -0.25) is 0 Å². The molecule has 4 aromatic rings. The van der Waals surface area contributed by atoms with E-state index in [2.05, 4.69) is 9.82 Å². The Morgan fingerprint density at radius 2 is 1.71 bits per heavy atom. The van der Waals surface area contributed by atoms with Crippen LogP contribution >= 0.6 is 0 Å². The molecule has 1 N–H and O–H groups in total. The normalized spacial score (nSPS) is 11.6. The molecule has 0 fully saturated rings. The van der Waals surface area contributed by atoms with Gasteiger partial charge in [-0.15, -0.1) is 0 Å². The second-order valence-corrected chi connectivity index (χ2v) is 8.20. The van der Waals surface area contributed by atoms with Crippen LogP contribution in [0.1, 0.15) is 5.56 Å². The molecule has 0 radical (unpaired) electrons. The first-order valence-corrected chi connectivity index (χ1v) is 10.2. The molecule has 2 aromatic carbocycles. The van der Waals surface area contributed by atoms with Gasteiger partial charge in [0.25, 0.3) is 0 Å². The lowest BCUT2D eigenvalue weighted by atomic mass is 10.1. The minimum Gasteiger partial charge on any atom is -0.223 e. The van der Waals surface area contributed by atoms with E-state index in [1.807, 2.05) is 54.2 Å². The summed E-state index contributed by atoms with van der Waals surface area (Å²) in [5.74, 6) is 0.788. The third-order valence-corrected chi connectivity index (χ3v) is 5.87. The number of hydrogen-bond donors (Lipinski definition) is 1. The number of nitrogens with zero attached hydrogens (tertiary/aromatic N) is 4. The fourth-order valence-corrected chi connectivity index (χ4v) is 3.61. The molecule has 8 heteroatoms. The van der Waals surface area contributed by atoms with E-state index in [9.17, 15) is 8.42 Å². The second kappa shape index (κ2) is 7.06. The molecule has 0 amide bonds. The summed E-state index contributed by atoms with van der Waals surface area (Å²) < 4.78 is 29.7. The molecule has 28 heavy (non-hydrogen) atoms. The average Bonchev–Trinajstić information content (AvgIpc) is 3.38. The van der Waals surface area contributed by atoms with Crippen LogP contribution in [0, 0.1) is 6.92 Å². The van der Waals surface area contributed by atoms with Crippen molar-refractivity contribution < 1.29 is 8.42 Å². The zero-order valence-corrected chi connectivity index (χ0v) is 16.3. The van der Waals surface area contributed by atoms with Crippen molar-refractivity contribution in [2.75, 3.05) is 7.05 Å². The maximum Gasteiger partial charge on any atom is 0.240 e. The van der Waals surface area contributed by atoms with E-state index < -0.39 is 10.0 Å². The zero-order chi connectivity index (χ0) is 19.7. The number of aromatic nitrogens is 4. The Morgan fingerprint density at radius 3 is 2.32 bits per heavy atom. The molecule has 0 unspecified atom stereocenters. The molecule has 0 saturated carbocycles. The van der Waals surface area contributed by atoms with Crippen LogP contribution in [-0.4, -0.2) is 35.0 Å². The molecule has 0 aliphatic heterocycles. The van der Waals surface area contributed by atoms with E-state index in [4.69, 9.17) is 5.10 Å². The Bertz CT molecular complexity index is 1190. The zero-order valence-electron chi connectivity index (χ0n) is 15.4. The molecule has 4 rings (SSSR count). The van der Waals surface area contributed by atoms with E-state index >= 15 is 0 Å². The standard InChI is InChI=1S/C20H19N5O2S/c1-15-4-8-17(9-5-15)25-20(24-13-3-12-22-24)14-19(23-25)16-6-10-18(11-7-16)28(26,27)21-2/h3-14,21H,1-2H3. The molecule has 2 heterocycles. The van der Waals surface area contributed by atoms with Crippen molar-refractivity contribution in [3.05, 3.63) is 78.6 Å². The number of aryl methyl sites for hydroxylation is 1. The van der Waals surface area contributed by atoms with Gasteiger partial charge < -0.3 is 0 Å². The van der Waals surface area contributed by atoms with Gasteiger partial charge >= 0.3 is 0 Å². The third kappa shape index (κ3) is 3.35. The first-order chi connectivity index (χ1) is 13.5. The fraction of sp³-hybridized carbons (Fsp3) is 0.100. The lowest BCUT2D eigenvalue weighted by Crippen LogP contribution is -2.18. The van der Waals surface area contributed by atoms with E-state index in [1.54, 1.807) is 35.1 Å². The topological polar surface area (TPSA) is 81.8 Å². The van der Waals surface area contributed by atoms with E-state index in [0.717, 1.165) is 28.3 Å². The highest BCUT2D eigenvalue weighted by Crippen LogP contribution is 2.25. The maximum atomic E-state index is 11.9. The molecule has 0 atom stereocenters. The molecule has 142 valence electrons. The number of nitrogens with one attached hydrogen (secondary N) is 1. The van der Waals surface area contributed by atoms with Gasteiger partial charge in [-0.05, 0) is 44.3 Å². The van der Waals surface area contributed by atoms with Crippen molar-refractivity contribution in [2.24, 2.45) is 0 Å². The van der Waals surface area contributed by atoms with Crippen LogP contribution in [-0.2, 0) is 10.0 Å². The number of benzene rings is 2. The Labute approximate surface area is 163 Å². The minimum atomic E-state index is -3.47. The third-order valence-electron chi connectivity index (χ3n) is 4.44. The molecule has 0 saturated heterocycles. The van der Waals surface area contributed by atoms with Gasteiger partial charge in [0.05, 0.1) is 16.3 Å². The van der Waals surface area contributed by atoms with Crippen molar-refractivity contribution in [3.63, 3.8) is 0 Å². The minimum absolute atomic E-state index is 0.212.